The van der Waals surface area contributed by atoms with Crippen molar-refractivity contribution in [3.05, 3.63) is 12.7 Å². The minimum absolute atomic E-state index is 0.503. The van der Waals surface area contributed by atoms with Gasteiger partial charge in [0.1, 0.15) is 0 Å². The van der Waals surface area contributed by atoms with Crippen LogP contribution in [0.5, 0.6) is 0 Å². The molecule has 6 heteroatoms. The number of anilines is 1. The molecule has 2 aromatic rings. The Hall–Kier alpha value is -1.69. The fourth-order valence-corrected chi connectivity index (χ4v) is 2.47. The minimum atomic E-state index is 0.503. The van der Waals surface area contributed by atoms with Crippen LogP contribution in [0.4, 0.5) is 5.82 Å². The number of imidazole rings is 1. The normalized spacial score (nSPS) is 19.7. The Kier molecular flexibility index (Phi) is 3.10. The van der Waals surface area contributed by atoms with Crippen molar-refractivity contribution >= 4 is 17.0 Å². The van der Waals surface area contributed by atoms with Crippen molar-refractivity contribution in [3.63, 3.8) is 0 Å². The quantitative estimate of drug-likeness (QED) is 0.778. The minimum Gasteiger partial charge on any atom is -0.381 e. The smallest absolute Gasteiger partial charge is 0.293 e. The van der Waals surface area contributed by atoms with Gasteiger partial charge in [0.2, 0.25) is 12.1 Å². The van der Waals surface area contributed by atoms with E-state index < -0.39 is 0 Å². The van der Waals surface area contributed by atoms with Crippen molar-refractivity contribution < 1.29 is 9.30 Å². The Morgan fingerprint density at radius 2 is 2.44 bits per heavy atom. The molecule has 0 aliphatic carbocycles. The van der Waals surface area contributed by atoms with Crippen molar-refractivity contribution in [3.8, 4) is 0 Å². The molecule has 1 aliphatic rings. The maximum absolute atomic E-state index is 5.79. The number of fused-ring (bicyclic) bond motifs is 1. The zero-order valence-electron chi connectivity index (χ0n) is 10.3. The second kappa shape index (κ2) is 4.89. The Morgan fingerprint density at radius 1 is 1.50 bits per heavy atom. The van der Waals surface area contributed by atoms with Crippen LogP contribution in [0, 0.1) is 5.92 Å². The van der Waals surface area contributed by atoms with E-state index in [9.17, 15) is 0 Å². The number of H-pyrrole nitrogens is 1. The van der Waals surface area contributed by atoms with Gasteiger partial charge in [-0.1, -0.05) is 9.97 Å². The molecule has 0 radical (unpaired) electrons. The van der Waals surface area contributed by atoms with Gasteiger partial charge in [0.05, 0.1) is 6.54 Å². The molecule has 0 aromatic carbocycles. The van der Waals surface area contributed by atoms with Gasteiger partial charge in [0.25, 0.3) is 5.65 Å². The lowest BCUT2D eigenvalue weighted by Crippen LogP contribution is -2.35. The third-order valence-electron chi connectivity index (χ3n) is 3.52. The average Bonchev–Trinajstić information content (AvgIpc) is 3.02. The van der Waals surface area contributed by atoms with Crippen LogP contribution in [0.2, 0.25) is 0 Å². The molecule has 1 aliphatic heterocycles. The molecule has 0 saturated carbocycles. The molecule has 0 spiro atoms. The van der Waals surface area contributed by atoms with Crippen molar-refractivity contribution in [1.29, 1.82) is 0 Å². The summed E-state index contributed by atoms with van der Waals surface area (Å²) < 4.78 is 7.43. The van der Waals surface area contributed by atoms with Gasteiger partial charge in [-0.2, -0.15) is 0 Å². The van der Waals surface area contributed by atoms with Gasteiger partial charge < -0.3 is 15.5 Å². The Labute approximate surface area is 105 Å². The predicted octanol–water partition coefficient (Wildman–Crippen LogP) is 0.644. The highest BCUT2D eigenvalue weighted by Crippen LogP contribution is 2.18. The van der Waals surface area contributed by atoms with Crippen LogP contribution >= 0.6 is 0 Å². The topological polar surface area (TPSA) is 80.7 Å². The number of aromatic nitrogens is 4. The second-order valence-corrected chi connectivity index (χ2v) is 4.80. The van der Waals surface area contributed by atoms with Gasteiger partial charge in [-0.25, -0.2) is 4.57 Å². The van der Waals surface area contributed by atoms with E-state index in [0.717, 1.165) is 43.3 Å². The lowest BCUT2D eigenvalue weighted by Gasteiger charge is -2.06. The lowest BCUT2D eigenvalue weighted by molar-refractivity contribution is -0.676. The molecule has 0 amide bonds. The van der Waals surface area contributed by atoms with Gasteiger partial charge in [-0.15, -0.1) is 0 Å². The highest BCUT2D eigenvalue weighted by Gasteiger charge is 2.17. The average molecular weight is 248 g/mol. The largest absolute Gasteiger partial charge is 0.381 e. The van der Waals surface area contributed by atoms with Crippen LogP contribution in [0.15, 0.2) is 12.7 Å². The Balaban J connectivity index is 1.67. The van der Waals surface area contributed by atoms with E-state index in [1.165, 1.54) is 12.8 Å². The highest BCUT2D eigenvalue weighted by atomic mass is 16.5. The first-order valence-electron chi connectivity index (χ1n) is 6.39. The summed E-state index contributed by atoms with van der Waals surface area (Å²) in [5.74, 6) is 1.23. The number of rotatable bonds is 4. The summed E-state index contributed by atoms with van der Waals surface area (Å²) in [4.78, 5) is 11.5. The van der Waals surface area contributed by atoms with Crippen LogP contribution in [0.1, 0.15) is 19.3 Å². The molecule has 96 valence electrons. The van der Waals surface area contributed by atoms with Crippen molar-refractivity contribution in [2.24, 2.45) is 5.92 Å². The van der Waals surface area contributed by atoms with E-state index in [4.69, 9.17) is 10.5 Å². The first-order chi connectivity index (χ1) is 8.84. The number of nitrogen functional groups attached to an aromatic ring is 1. The number of ether oxygens (including phenoxy) is 1. The van der Waals surface area contributed by atoms with Crippen molar-refractivity contribution in [2.75, 3.05) is 18.9 Å². The van der Waals surface area contributed by atoms with Gasteiger partial charge in [-0.05, 0) is 25.2 Å². The van der Waals surface area contributed by atoms with Crippen LogP contribution in [0.3, 0.4) is 0 Å². The summed E-state index contributed by atoms with van der Waals surface area (Å²) in [7, 11) is 0. The van der Waals surface area contributed by atoms with Gasteiger partial charge >= 0.3 is 0 Å². The molecular formula is C12H18N5O+. The monoisotopic (exact) mass is 248 g/mol. The fraction of sp³-hybridized carbons (Fsp3) is 0.583. The number of nitrogens with one attached hydrogen (secondary N) is 1. The first-order valence-corrected chi connectivity index (χ1v) is 6.39. The summed E-state index contributed by atoms with van der Waals surface area (Å²) in [6.07, 6.45) is 6.94. The van der Waals surface area contributed by atoms with E-state index >= 15 is 0 Å². The molecule has 1 fully saturated rings. The Morgan fingerprint density at radius 3 is 3.28 bits per heavy atom. The maximum Gasteiger partial charge on any atom is 0.293 e. The molecule has 3 heterocycles. The van der Waals surface area contributed by atoms with E-state index in [1.807, 2.05) is 0 Å². The number of hydrogen-bond acceptors (Lipinski definition) is 4. The predicted molar refractivity (Wildman–Crippen MR) is 66.7 cm³/mol. The van der Waals surface area contributed by atoms with E-state index in [2.05, 4.69) is 19.5 Å². The van der Waals surface area contributed by atoms with Crippen molar-refractivity contribution in [1.82, 2.24) is 15.0 Å². The molecule has 3 rings (SSSR count). The fourth-order valence-electron chi connectivity index (χ4n) is 2.47. The van der Waals surface area contributed by atoms with E-state index in [-0.39, 0.29) is 0 Å². The second-order valence-electron chi connectivity index (χ2n) is 4.80. The Bertz CT molecular complexity index is 532. The number of hydrogen-bond donors (Lipinski definition) is 2. The first kappa shape index (κ1) is 11.4. The highest BCUT2D eigenvalue weighted by molar-refractivity contribution is 5.77. The van der Waals surface area contributed by atoms with E-state index in [1.54, 1.807) is 12.7 Å². The molecule has 0 unspecified atom stereocenters. The summed E-state index contributed by atoms with van der Waals surface area (Å²) in [6, 6.07) is 0. The molecule has 6 nitrogen and oxygen atoms in total. The molecular weight excluding hydrogens is 230 g/mol. The number of aryl methyl sites for hydroxylation is 1. The standard InChI is InChI=1S/C12H17N5O/c13-11-10-12(15-7-14-10)17(8-16-11)4-1-2-9-3-5-18-6-9/h7-9H,1-6H2,(H2,13,14,15)/p+1/t9-/m0/s1. The van der Waals surface area contributed by atoms with Crippen molar-refractivity contribution in [2.45, 2.75) is 25.8 Å². The SMILES string of the molecule is Nc1nc[n+](CCC[C@H]2CCOC2)c2nc[nH]c12. The number of nitrogens with two attached hydrogens (primary N) is 1. The molecule has 3 N–H and O–H groups in total. The maximum atomic E-state index is 5.79. The van der Waals surface area contributed by atoms with E-state index in [0.29, 0.717) is 5.82 Å². The summed E-state index contributed by atoms with van der Waals surface area (Å²) in [5.41, 5.74) is 7.49. The number of aromatic amines is 1. The van der Waals surface area contributed by atoms with Crippen LogP contribution < -0.4 is 10.3 Å². The molecule has 2 aromatic heterocycles. The molecule has 0 bridgehead atoms. The third kappa shape index (κ3) is 2.15. The molecule has 1 atom stereocenters. The van der Waals surface area contributed by atoms with Crippen LogP contribution in [-0.2, 0) is 11.3 Å². The lowest BCUT2D eigenvalue weighted by atomic mass is 10.0. The van der Waals surface area contributed by atoms with Crippen LogP contribution in [-0.4, -0.2) is 28.2 Å². The summed E-state index contributed by atoms with van der Waals surface area (Å²) in [5, 5.41) is 0. The van der Waals surface area contributed by atoms with Gasteiger partial charge in [0.15, 0.2) is 11.8 Å². The third-order valence-corrected chi connectivity index (χ3v) is 3.52. The molecule has 1 saturated heterocycles. The zero-order valence-corrected chi connectivity index (χ0v) is 10.3. The van der Waals surface area contributed by atoms with Crippen LogP contribution in [0.25, 0.3) is 11.2 Å². The zero-order chi connectivity index (χ0) is 12.4. The van der Waals surface area contributed by atoms with Gasteiger partial charge in [-0.3, -0.25) is 0 Å². The summed E-state index contributed by atoms with van der Waals surface area (Å²) >= 11 is 0. The molecule has 18 heavy (non-hydrogen) atoms. The summed E-state index contributed by atoms with van der Waals surface area (Å²) in [6.45, 7) is 2.76. The number of nitrogens with zero attached hydrogens (tertiary/aromatic N) is 3. The van der Waals surface area contributed by atoms with Gasteiger partial charge in [0, 0.05) is 13.2 Å².